The molecule has 0 heterocycles. The van der Waals surface area contributed by atoms with E-state index in [1.807, 2.05) is 0 Å². The van der Waals surface area contributed by atoms with Crippen LogP contribution in [-0.4, -0.2) is 24.0 Å². The van der Waals surface area contributed by atoms with Crippen molar-refractivity contribution in [3.05, 3.63) is 18.6 Å². The van der Waals surface area contributed by atoms with E-state index in [9.17, 15) is 0 Å². The zero-order chi connectivity index (χ0) is 6.69. The summed E-state index contributed by atoms with van der Waals surface area (Å²) in [6, 6.07) is 0.639. The minimum atomic E-state index is 0. The molecule has 0 aromatic carbocycles. The molecule has 0 spiro atoms. The molecule has 0 radical (unpaired) electrons. The summed E-state index contributed by atoms with van der Waals surface area (Å²) < 4.78 is 0. The third kappa shape index (κ3) is 2.09. The molecule has 0 fully saturated rings. The van der Waals surface area contributed by atoms with Gasteiger partial charge in [-0.15, -0.1) is 0 Å². The summed E-state index contributed by atoms with van der Waals surface area (Å²) in [7, 11) is 0. The van der Waals surface area contributed by atoms with Crippen LogP contribution >= 0.6 is 0 Å². The zero-order valence-corrected chi connectivity index (χ0v) is 7.17. The Morgan fingerprint density at radius 3 is 2.00 bits per heavy atom. The molecule has 0 saturated heterocycles. The second-order valence-corrected chi connectivity index (χ2v) is 2.29. The molecule has 1 unspecified atom stereocenters. The van der Waals surface area contributed by atoms with Gasteiger partial charge in [-0.05, 0) is 13.1 Å². The maximum Gasteiger partial charge on any atom is 1.00 e. The van der Waals surface area contributed by atoms with Crippen LogP contribution in [0, 0.1) is 6.42 Å². The van der Waals surface area contributed by atoms with Crippen LogP contribution in [0.15, 0.2) is 12.2 Å². The fourth-order valence-corrected chi connectivity index (χ4v) is 1.10. The summed E-state index contributed by atoms with van der Waals surface area (Å²) in [4.78, 5) is 2.42. The molecule has 1 aliphatic carbocycles. The number of rotatable bonds is 3. The van der Waals surface area contributed by atoms with Gasteiger partial charge in [0.15, 0.2) is 0 Å². The summed E-state index contributed by atoms with van der Waals surface area (Å²) in [6.45, 7) is 6.71. The Morgan fingerprint density at radius 1 is 1.40 bits per heavy atom. The van der Waals surface area contributed by atoms with Crippen molar-refractivity contribution in [2.24, 2.45) is 0 Å². The molecule has 10 heavy (non-hydrogen) atoms. The Kier molecular flexibility index (Phi) is 4.99. The van der Waals surface area contributed by atoms with E-state index in [0.717, 1.165) is 13.1 Å². The SMILES string of the molecule is CCN(CC)C1C=C[CH-]1.[Li+]. The second kappa shape index (κ2) is 4.90. The van der Waals surface area contributed by atoms with Gasteiger partial charge in [0.05, 0.1) is 0 Å². The molecular formula is C8H14LiN. The van der Waals surface area contributed by atoms with Crippen molar-refractivity contribution in [1.82, 2.24) is 4.90 Å². The normalized spacial score (nSPS) is 21.3. The Labute approximate surface area is 75.7 Å². The van der Waals surface area contributed by atoms with Crippen molar-refractivity contribution in [2.75, 3.05) is 13.1 Å². The number of nitrogens with zero attached hydrogens (tertiary/aromatic N) is 1. The number of hydrogen-bond acceptors (Lipinski definition) is 1. The van der Waals surface area contributed by atoms with E-state index in [1.54, 1.807) is 0 Å². The zero-order valence-electron chi connectivity index (χ0n) is 7.17. The first-order valence-corrected chi connectivity index (χ1v) is 3.64. The van der Waals surface area contributed by atoms with E-state index >= 15 is 0 Å². The van der Waals surface area contributed by atoms with E-state index in [1.165, 1.54) is 0 Å². The standard InChI is InChI=1S/C8H14N.Li/c1-3-9(4-2)8-6-5-7-8;/h5-8H,3-4H2,1-2H3;/q-1;+1. The van der Waals surface area contributed by atoms with Crippen molar-refractivity contribution < 1.29 is 18.9 Å². The minimum Gasteiger partial charge on any atom is -0.326 e. The van der Waals surface area contributed by atoms with Crippen molar-refractivity contribution in [3.8, 4) is 0 Å². The van der Waals surface area contributed by atoms with E-state index in [-0.39, 0.29) is 18.9 Å². The van der Waals surface area contributed by atoms with Crippen molar-refractivity contribution in [3.63, 3.8) is 0 Å². The van der Waals surface area contributed by atoms with Crippen LogP contribution in [0.25, 0.3) is 0 Å². The van der Waals surface area contributed by atoms with E-state index in [4.69, 9.17) is 0 Å². The average Bonchev–Trinajstić information content (AvgIpc) is 1.78. The summed E-state index contributed by atoms with van der Waals surface area (Å²) in [6.07, 6.45) is 6.57. The second-order valence-electron chi connectivity index (χ2n) is 2.29. The van der Waals surface area contributed by atoms with Gasteiger partial charge in [-0.3, -0.25) is 0 Å². The molecule has 0 aromatic rings. The van der Waals surface area contributed by atoms with Crippen LogP contribution < -0.4 is 18.9 Å². The Hall–Kier alpha value is 0.167. The van der Waals surface area contributed by atoms with Crippen LogP contribution in [0.5, 0.6) is 0 Å². The van der Waals surface area contributed by atoms with Gasteiger partial charge in [0, 0.05) is 0 Å². The predicted molar refractivity (Wildman–Crippen MR) is 40.1 cm³/mol. The molecule has 0 saturated carbocycles. The Balaban J connectivity index is 0.000000810. The van der Waals surface area contributed by atoms with Gasteiger partial charge in [-0.2, -0.15) is 0 Å². The maximum atomic E-state index is 2.42. The molecule has 0 aliphatic heterocycles. The van der Waals surface area contributed by atoms with E-state index < -0.39 is 0 Å². The van der Waals surface area contributed by atoms with Crippen LogP contribution in [0.1, 0.15) is 13.8 Å². The Bertz CT molecular complexity index is 108. The molecule has 0 aromatic heterocycles. The Morgan fingerprint density at radius 2 is 1.90 bits per heavy atom. The van der Waals surface area contributed by atoms with Crippen LogP contribution in [0.4, 0.5) is 0 Å². The molecule has 2 heteroatoms. The van der Waals surface area contributed by atoms with Crippen LogP contribution in [0.3, 0.4) is 0 Å². The van der Waals surface area contributed by atoms with E-state index in [2.05, 4.69) is 37.3 Å². The maximum absolute atomic E-state index is 2.42. The fourth-order valence-electron chi connectivity index (χ4n) is 1.10. The molecule has 0 bridgehead atoms. The van der Waals surface area contributed by atoms with Gasteiger partial charge in [0.1, 0.15) is 0 Å². The van der Waals surface area contributed by atoms with Crippen LogP contribution in [0.2, 0.25) is 0 Å². The summed E-state index contributed by atoms with van der Waals surface area (Å²) in [5.74, 6) is 0. The van der Waals surface area contributed by atoms with Gasteiger partial charge in [0.2, 0.25) is 0 Å². The van der Waals surface area contributed by atoms with E-state index in [0.29, 0.717) is 6.04 Å². The molecular weight excluding hydrogens is 117 g/mol. The van der Waals surface area contributed by atoms with Crippen molar-refractivity contribution in [2.45, 2.75) is 19.9 Å². The molecule has 0 N–H and O–H groups in total. The molecule has 1 rings (SSSR count). The van der Waals surface area contributed by atoms with Gasteiger partial charge in [-0.25, -0.2) is 18.6 Å². The minimum absolute atomic E-state index is 0. The summed E-state index contributed by atoms with van der Waals surface area (Å²) >= 11 is 0. The first-order chi connectivity index (χ1) is 4.38. The average molecular weight is 131 g/mol. The molecule has 1 aliphatic rings. The molecule has 1 atom stereocenters. The summed E-state index contributed by atoms with van der Waals surface area (Å²) in [5, 5.41) is 0. The topological polar surface area (TPSA) is 3.24 Å². The molecule has 52 valence electrons. The monoisotopic (exact) mass is 131 g/mol. The van der Waals surface area contributed by atoms with Crippen molar-refractivity contribution >= 4 is 0 Å². The van der Waals surface area contributed by atoms with Gasteiger partial charge in [0.25, 0.3) is 0 Å². The molecule has 0 amide bonds. The quantitative estimate of drug-likeness (QED) is 0.332. The predicted octanol–water partition coefficient (Wildman–Crippen LogP) is -1.53. The van der Waals surface area contributed by atoms with Gasteiger partial charge >= 0.3 is 18.9 Å². The first-order valence-electron chi connectivity index (χ1n) is 3.64. The smallest absolute Gasteiger partial charge is 0.326 e. The van der Waals surface area contributed by atoms with Gasteiger partial charge in [-0.1, -0.05) is 19.9 Å². The van der Waals surface area contributed by atoms with Gasteiger partial charge < -0.3 is 4.90 Å². The molecule has 1 nitrogen and oxygen atoms in total. The first kappa shape index (κ1) is 10.2. The third-order valence-corrected chi connectivity index (χ3v) is 1.85. The number of likely N-dealkylation sites (N-methyl/N-ethyl adjacent to an activating group) is 1. The van der Waals surface area contributed by atoms with Crippen molar-refractivity contribution in [1.29, 1.82) is 0 Å². The largest absolute Gasteiger partial charge is 1.00 e. The van der Waals surface area contributed by atoms with Crippen LogP contribution in [-0.2, 0) is 0 Å². The fraction of sp³-hybridized carbons (Fsp3) is 0.625. The summed E-state index contributed by atoms with van der Waals surface area (Å²) in [5.41, 5.74) is 0. The number of hydrogen-bond donors (Lipinski definition) is 0. The third-order valence-electron chi connectivity index (χ3n) is 1.85.